The predicted molar refractivity (Wildman–Crippen MR) is 70.9 cm³/mol. The highest BCUT2D eigenvalue weighted by Crippen LogP contribution is 2.22. The van der Waals surface area contributed by atoms with Gasteiger partial charge >= 0.3 is 0 Å². The van der Waals surface area contributed by atoms with E-state index in [0.29, 0.717) is 6.61 Å². The Bertz CT molecular complexity index is 638. The smallest absolute Gasteiger partial charge is 0.123 e. The molecule has 0 unspecified atom stereocenters. The molecule has 0 amide bonds. The van der Waals surface area contributed by atoms with E-state index in [4.69, 9.17) is 9.15 Å². The topological polar surface area (TPSA) is 27.3 Å². The highest BCUT2D eigenvalue weighted by Gasteiger charge is 2.04. The Kier molecular flexibility index (Phi) is 2.81. The van der Waals surface area contributed by atoms with E-state index in [1.807, 2.05) is 25.1 Å². The van der Waals surface area contributed by atoms with Crippen LogP contribution in [0.25, 0.3) is 10.9 Å². The molecule has 0 fully saturated rings. The second-order valence-corrected chi connectivity index (χ2v) is 4.18. The number of ether oxygens (including phenoxy) is 1. The first kappa shape index (κ1) is 11.0. The minimum Gasteiger partial charge on any atom is -0.494 e. The van der Waals surface area contributed by atoms with Crippen molar-refractivity contribution in [3.05, 3.63) is 54.6 Å². The molecule has 2 aromatic heterocycles. The predicted octanol–water partition coefficient (Wildman–Crippen LogP) is 3.68. The molecule has 0 aliphatic rings. The van der Waals surface area contributed by atoms with Gasteiger partial charge in [0.25, 0.3) is 0 Å². The van der Waals surface area contributed by atoms with Gasteiger partial charge < -0.3 is 13.7 Å². The van der Waals surface area contributed by atoms with Crippen molar-refractivity contribution in [3.63, 3.8) is 0 Å². The number of hydrogen-bond donors (Lipinski definition) is 0. The van der Waals surface area contributed by atoms with E-state index in [2.05, 4.69) is 29.0 Å². The second-order valence-electron chi connectivity index (χ2n) is 4.18. The summed E-state index contributed by atoms with van der Waals surface area (Å²) in [7, 11) is 0. The standard InChI is InChI=1S/C15H15NO2/c1-2-17-13-5-6-15-12(10-13)7-8-16(15)11-14-4-3-9-18-14/h3-10H,2,11H2,1H3. The molecule has 92 valence electrons. The molecule has 3 heteroatoms. The van der Waals surface area contributed by atoms with Gasteiger partial charge in [-0.05, 0) is 43.3 Å². The highest BCUT2D eigenvalue weighted by molar-refractivity contribution is 5.81. The zero-order valence-electron chi connectivity index (χ0n) is 10.3. The number of rotatable bonds is 4. The van der Waals surface area contributed by atoms with Gasteiger partial charge in [-0.1, -0.05) is 0 Å². The maximum Gasteiger partial charge on any atom is 0.123 e. The summed E-state index contributed by atoms with van der Waals surface area (Å²) in [6, 6.07) is 12.2. The van der Waals surface area contributed by atoms with Gasteiger partial charge in [0, 0.05) is 17.1 Å². The largest absolute Gasteiger partial charge is 0.494 e. The van der Waals surface area contributed by atoms with Gasteiger partial charge in [0.1, 0.15) is 11.5 Å². The third kappa shape index (κ3) is 1.99. The summed E-state index contributed by atoms with van der Waals surface area (Å²) in [6.07, 6.45) is 3.77. The van der Waals surface area contributed by atoms with Crippen LogP contribution in [-0.2, 0) is 6.54 Å². The molecule has 0 atom stereocenters. The van der Waals surface area contributed by atoms with E-state index in [-0.39, 0.29) is 0 Å². The summed E-state index contributed by atoms with van der Waals surface area (Å²) in [5.74, 6) is 1.88. The monoisotopic (exact) mass is 241 g/mol. The van der Waals surface area contributed by atoms with E-state index in [0.717, 1.165) is 18.1 Å². The lowest BCUT2D eigenvalue weighted by atomic mass is 10.2. The third-order valence-corrected chi connectivity index (χ3v) is 2.96. The van der Waals surface area contributed by atoms with Gasteiger partial charge in [0.2, 0.25) is 0 Å². The van der Waals surface area contributed by atoms with Crippen LogP contribution in [0, 0.1) is 0 Å². The van der Waals surface area contributed by atoms with Crippen molar-refractivity contribution in [2.75, 3.05) is 6.61 Å². The van der Waals surface area contributed by atoms with Gasteiger partial charge in [-0.25, -0.2) is 0 Å². The molecular weight excluding hydrogens is 226 g/mol. The van der Waals surface area contributed by atoms with E-state index < -0.39 is 0 Å². The fourth-order valence-corrected chi connectivity index (χ4v) is 2.14. The van der Waals surface area contributed by atoms with Crippen LogP contribution in [0.2, 0.25) is 0 Å². The highest BCUT2D eigenvalue weighted by atomic mass is 16.5. The molecule has 0 N–H and O–H groups in total. The van der Waals surface area contributed by atoms with Crippen molar-refractivity contribution in [2.24, 2.45) is 0 Å². The Balaban J connectivity index is 1.94. The first-order valence-electron chi connectivity index (χ1n) is 6.11. The number of benzene rings is 1. The van der Waals surface area contributed by atoms with E-state index >= 15 is 0 Å². The fraction of sp³-hybridized carbons (Fsp3) is 0.200. The van der Waals surface area contributed by atoms with E-state index in [1.165, 1.54) is 10.9 Å². The fourth-order valence-electron chi connectivity index (χ4n) is 2.14. The Morgan fingerprint density at radius 3 is 2.94 bits per heavy atom. The zero-order chi connectivity index (χ0) is 12.4. The average molecular weight is 241 g/mol. The Hall–Kier alpha value is -2.16. The Labute approximate surface area is 106 Å². The van der Waals surface area contributed by atoms with Crippen LogP contribution in [0.3, 0.4) is 0 Å². The van der Waals surface area contributed by atoms with Crippen LogP contribution < -0.4 is 4.74 Å². The molecule has 2 heterocycles. The van der Waals surface area contributed by atoms with Crippen LogP contribution >= 0.6 is 0 Å². The molecule has 0 bridgehead atoms. The van der Waals surface area contributed by atoms with Gasteiger partial charge in [-0.3, -0.25) is 0 Å². The lowest BCUT2D eigenvalue weighted by molar-refractivity contribution is 0.340. The number of aromatic nitrogens is 1. The molecule has 0 radical (unpaired) electrons. The van der Waals surface area contributed by atoms with Gasteiger partial charge in [-0.2, -0.15) is 0 Å². The van der Waals surface area contributed by atoms with Crippen molar-refractivity contribution in [1.82, 2.24) is 4.57 Å². The van der Waals surface area contributed by atoms with Gasteiger partial charge in [0.15, 0.2) is 0 Å². The normalized spacial score (nSPS) is 10.9. The number of hydrogen-bond acceptors (Lipinski definition) is 2. The molecule has 0 saturated heterocycles. The molecule has 0 aliphatic carbocycles. The summed E-state index contributed by atoms with van der Waals surface area (Å²) >= 11 is 0. The van der Waals surface area contributed by atoms with Crippen LogP contribution in [0.4, 0.5) is 0 Å². The maximum atomic E-state index is 5.50. The number of fused-ring (bicyclic) bond motifs is 1. The van der Waals surface area contributed by atoms with Crippen LogP contribution in [0.1, 0.15) is 12.7 Å². The maximum absolute atomic E-state index is 5.50. The number of furan rings is 1. The molecule has 0 saturated carbocycles. The van der Waals surface area contributed by atoms with Gasteiger partial charge in [-0.15, -0.1) is 0 Å². The van der Waals surface area contributed by atoms with Crippen molar-refractivity contribution in [2.45, 2.75) is 13.5 Å². The third-order valence-electron chi connectivity index (χ3n) is 2.96. The molecular formula is C15H15NO2. The molecule has 3 aromatic rings. The van der Waals surface area contributed by atoms with Crippen LogP contribution in [-0.4, -0.2) is 11.2 Å². The zero-order valence-corrected chi connectivity index (χ0v) is 10.3. The van der Waals surface area contributed by atoms with Crippen molar-refractivity contribution < 1.29 is 9.15 Å². The molecule has 0 spiro atoms. The summed E-state index contributed by atoms with van der Waals surface area (Å²) in [5, 5.41) is 1.19. The van der Waals surface area contributed by atoms with E-state index in [1.54, 1.807) is 6.26 Å². The quantitative estimate of drug-likeness (QED) is 0.696. The minimum atomic E-state index is 0.693. The SMILES string of the molecule is CCOc1ccc2c(ccn2Cc2ccco2)c1. The summed E-state index contributed by atoms with van der Waals surface area (Å²) in [4.78, 5) is 0. The first-order valence-corrected chi connectivity index (χ1v) is 6.11. The van der Waals surface area contributed by atoms with Crippen LogP contribution in [0.5, 0.6) is 5.75 Å². The molecule has 18 heavy (non-hydrogen) atoms. The van der Waals surface area contributed by atoms with Gasteiger partial charge in [0.05, 0.1) is 19.4 Å². The lowest BCUT2D eigenvalue weighted by Crippen LogP contribution is -1.96. The molecule has 0 aliphatic heterocycles. The second kappa shape index (κ2) is 4.61. The van der Waals surface area contributed by atoms with Crippen LogP contribution in [0.15, 0.2) is 53.3 Å². The molecule has 3 nitrogen and oxygen atoms in total. The van der Waals surface area contributed by atoms with Crippen molar-refractivity contribution in [3.8, 4) is 5.75 Å². The first-order chi connectivity index (χ1) is 8.86. The Morgan fingerprint density at radius 2 is 2.17 bits per heavy atom. The van der Waals surface area contributed by atoms with Crippen molar-refractivity contribution >= 4 is 10.9 Å². The van der Waals surface area contributed by atoms with E-state index in [9.17, 15) is 0 Å². The average Bonchev–Trinajstić information content (AvgIpc) is 3.00. The Morgan fingerprint density at radius 1 is 1.22 bits per heavy atom. The summed E-state index contributed by atoms with van der Waals surface area (Å²) in [6.45, 7) is 3.44. The van der Waals surface area contributed by atoms with Crippen molar-refractivity contribution in [1.29, 1.82) is 0 Å². The lowest BCUT2D eigenvalue weighted by Gasteiger charge is -2.05. The summed E-state index contributed by atoms with van der Waals surface area (Å²) in [5.41, 5.74) is 1.19. The summed E-state index contributed by atoms with van der Waals surface area (Å²) < 4.78 is 13.0. The number of nitrogens with zero attached hydrogens (tertiary/aromatic N) is 1. The molecule has 1 aromatic carbocycles. The minimum absolute atomic E-state index is 0.693. The molecule has 3 rings (SSSR count).